The number of esters is 1. The summed E-state index contributed by atoms with van der Waals surface area (Å²) in [6.07, 6.45) is 1.32. The number of likely N-dealkylation sites (tertiary alicyclic amines) is 1. The highest BCUT2D eigenvalue weighted by molar-refractivity contribution is 8.00. The second-order valence-corrected chi connectivity index (χ2v) is 24.8. The molecule has 86 heavy (non-hydrogen) atoms. The molecule has 5 atom stereocenters. The van der Waals surface area contributed by atoms with Crippen molar-refractivity contribution < 1.29 is 81.5 Å². The van der Waals surface area contributed by atoms with Gasteiger partial charge in [-0.1, -0.05) is 46.2 Å². The quantitative estimate of drug-likeness (QED) is 0.0257. The Morgan fingerprint density at radius 3 is 1.83 bits per heavy atom. The Balaban J connectivity index is 1.88. The number of carbonyl (C=O) groups excluding carboxylic acids is 10. The number of carboxylic acids is 1. The smallest absolute Gasteiger partial charge is 0.312 e. The van der Waals surface area contributed by atoms with Crippen LogP contribution in [0.25, 0.3) is 0 Å². The molecule has 10 N–H and O–H groups in total. The van der Waals surface area contributed by atoms with Gasteiger partial charge in [-0.15, -0.1) is 11.8 Å². The normalized spacial score (nSPS) is 14.9. The highest BCUT2D eigenvalue weighted by Crippen LogP contribution is 2.27. The lowest BCUT2D eigenvalue weighted by molar-refractivity contribution is -0.154. The van der Waals surface area contributed by atoms with E-state index in [1.807, 2.05) is 34.6 Å². The fraction of sp³-hybridized carbons (Fsp3) is 0.712. The number of anilines is 1. The maximum Gasteiger partial charge on any atom is 0.312 e. The predicted octanol–water partition coefficient (Wildman–Crippen LogP) is 3.11. The maximum absolute atomic E-state index is 13.8. The van der Waals surface area contributed by atoms with Crippen molar-refractivity contribution in [2.45, 2.75) is 175 Å². The van der Waals surface area contributed by atoms with Gasteiger partial charge in [0.2, 0.25) is 41.4 Å². The molecule has 9 amide bonds. The molecule has 1 aromatic carbocycles. The molecule has 0 bridgehead atoms. The average Bonchev–Trinajstić information content (AvgIpc) is 2.72. The number of thioether (sulfide) groups is 1. The first-order valence-corrected chi connectivity index (χ1v) is 30.6. The van der Waals surface area contributed by atoms with E-state index in [2.05, 4.69) is 37.2 Å². The topological polar surface area (TPSA) is 368 Å². The van der Waals surface area contributed by atoms with Gasteiger partial charge < -0.3 is 71.7 Å². The fourth-order valence-corrected chi connectivity index (χ4v) is 9.37. The van der Waals surface area contributed by atoms with E-state index in [1.165, 1.54) is 4.90 Å². The summed E-state index contributed by atoms with van der Waals surface area (Å²) in [4.78, 5) is 142. The number of nitrogens with zero attached hydrogens (tertiary/aromatic N) is 1. The van der Waals surface area contributed by atoms with Gasteiger partial charge in [0, 0.05) is 68.2 Å². The molecular weight excluding hydrogens is 1140 g/mol. The zero-order valence-electron chi connectivity index (χ0n) is 52.0. The van der Waals surface area contributed by atoms with E-state index in [1.54, 1.807) is 58.9 Å². The van der Waals surface area contributed by atoms with E-state index in [4.69, 9.17) is 29.4 Å². The number of nitrogens with one attached hydrogen (secondary N) is 7. The summed E-state index contributed by atoms with van der Waals surface area (Å²) in [5.41, 5.74) is 5.03. The number of hydrogen-bond acceptors (Lipinski definition) is 18. The zero-order chi connectivity index (χ0) is 64.4. The lowest BCUT2D eigenvalue weighted by atomic mass is 9.97. The monoisotopic (exact) mass is 1240 g/mol. The maximum atomic E-state index is 13.8. The molecule has 486 valence electrons. The van der Waals surface area contributed by atoms with Crippen LogP contribution < -0.4 is 43.0 Å². The summed E-state index contributed by atoms with van der Waals surface area (Å²) in [6, 6.07) is 1.66. The van der Waals surface area contributed by atoms with Crippen molar-refractivity contribution in [3.05, 3.63) is 29.8 Å². The summed E-state index contributed by atoms with van der Waals surface area (Å²) in [5.74, 6) is -5.32. The number of amides is 9. The largest absolute Gasteiger partial charge is 0.481 e. The molecule has 26 nitrogen and oxygen atoms in total. The summed E-state index contributed by atoms with van der Waals surface area (Å²) in [7, 11) is 0. The van der Waals surface area contributed by atoms with Gasteiger partial charge in [-0.25, -0.2) is 4.79 Å². The van der Waals surface area contributed by atoms with Crippen molar-refractivity contribution in [3.8, 4) is 0 Å². The Kier molecular flexibility index (Phi) is 35.5. The highest BCUT2D eigenvalue weighted by atomic mass is 32.2. The SMILES string of the molecule is CC(C)C(=O)CCOCCOCCOCCOCCNC(=O)[C@H](CCC(=O)O)NC(=O)[C@H](CSC1CC(=O)N(CCCCCC(=O)N[C@H](C(=O)N[C@@H](CCCNC(N)=O)C(=O)Nc2ccc(COC(=O)C(C)(C)C)cc2)C(C)C)C1=O)NC(C)(C)C. The van der Waals surface area contributed by atoms with Crippen LogP contribution in [0.1, 0.15) is 139 Å². The number of hydrogen-bond donors (Lipinski definition) is 9. The van der Waals surface area contributed by atoms with Gasteiger partial charge in [-0.05, 0) is 97.3 Å². The van der Waals surface area contributed by atoms with Crippen molar-refractivity contribution in [2.24, 2.45) is 23.0 Å². The van der Waals surface area contributed by atoms with Crippen LogP contribution in [-0.4, -0.2) is 188 Å². The summed E-state index contributed by atoms with van der Waals surface area (Å²) in [5, 5.41) is 28.0. The molecule has 1 fully saturated rings. The van der Waals surface area contributed by atoms with Gasteiger partial charge in [0.15, 0.2) is 0 Å². The van der Waals surface area contributed by atoms with E-state index >= 15 is 0 Å². The molecule has 1 aromatic rings. The minimum Gasteiger partial charge on any atom is -0.481 e. The van der Waals surface area contributed by atoms with Gasteiger partial charge in [-0.3, -0.25) is 52.8 Å². The molecule has 0 saturated carbocycles. The standard InChI is InChI=1S/C59H97N9O17S/c1-38(2)45(69)23-27-81-29-31-83-33-34-84-32-30-82-28-25-61-51(74)43(21-22-49(72)73)64-53(76)44(67-59(8,9)10)37-86-46-35-48(71)68(55(46)78)26-13-11-12-16-47(70)66-50(39(3)4)54(77)65-42(15-14-24-62-57(60)80)52(75)63-41-19-17-40(18-20-41)36-85-56(79)58(5,6)7/h17-20,38-39,42-44,46,50,67H,11-16,21-37H2,1-10H3,(H,61,74)(H,63,75)(H,64,76)(H,65,77)(H,66,70)(H,72,73)(H3,60,62,80)/t42-,43-,44-,46?,50-/m0/s1. The molecule has 1 unspecified atom stereocenters. The number of imide groups is 1. The molecule has 1 heterocycles. The Morgan fingerprint density at radius 1 is 0.663 bits per heavy atom. The zero-order valence-corrected chi connectivity index (χ0v) is 52.8. The lowest BCUT2D eigenvalue weighted by Gasteiger charge is -2.29. The first kappa shape index (κ1) is 75.8. The molecular formula is C59H97N9O17S. The third-order valence-electron chi connectivity index (χ3n) is 13.0. The molecule has 1 saturated heterocycles. The number of nitrogens with two attached hydrogens (primary N) is 1. The number of primary amides is 1. The van der Waals surface area contributed by atoms with Crippen LogP contribution in [0.2, 0.25) is 0 Å². The van der Waals surface area contributed by atoms with Gasteiger partial charge in [0.05, 0.1) is 69.6 Å². The molecule has 1 aliphatic heterocycles. The molecule has 27 heteroatoms. The predicted molar refractivity (Wildman–Crippen MR) is 322 cm³/mol. The van der Waals surface area contributed by atoms with Crippen LogP contribution in [0.3, 0.4) is 0 Å². The van der Waals surface area contributed by atoms with Crippen LogP contribution in [0, 0.1) is 17.3 Å². The molecule has 0 spiro atoms. The number of unbranched alkanes of at least 4 members (excludes halogenated alkanes) is 2. The number of rotatable bonds is 44. The lowest BCUT2D eigenvalue weighted by Crippen LogP contribution is -2.57. The van der Waals surface area contributed by atoms with Crippen LogP contribution in [0.15, 0.2) is 24.3 Å². The molecule has 0 aromatic heterocycles. The van der Waals surface area contributed by atoms with Crippen LogP contribution in [-0.2, 0) is 78.2 Å². The number of ether oxygens (including phenoxy) is 5. The second kappa shape index (κ2) is 40.2. The first-order chi connectivity index (χ1) is 40.5. The van der Waals surface area contributed by atoms with E-state index in [9.17, 15) is 57.8 Å². The number of ketones is 1. The van der Waals surface area contributed by atoms with E-state index in [0.717, 1.165) is 11.8 Å². The first-order valence-electron chi connectivity index (χ1n) is 29.6. The molecule has 1 aliphatic rings. The van der Waals surface area contributed by atoms with Gasteiger partial charge in [0.25, 0.3) is 0 Å². The number of aliphatic carboxylic acids is 1. The number of carbonyl (C=O) groups is 11. The Morgan fingerprint density at radius 2 is 1.26 bits per heavy atom. The summed E-state index contributed by atoms with van der Waals surface area (Å²) in [6.45, 7) is 20.7. The second-order valence-electron chi connectivity index (χ2n) is 23.6. The van der Waals surface area contributed by atoms with Crippen molar-refractivity contribution in [3.63, 3.8) is 0 Å². The van der Waals surface area contributed by atoms with Crippen LogP contribution >= 0.6 is 11.8 Å². The number of benzene rings is 1. The van der Waals surface area contributed by atoms with E-state index < -0.39 is 94.2 Å². The molecule has 0 aliphatic carbocycles. The third-order valence-corrected chi connectivity index (χ3v) is 14.3. The van der Waals surface area contributed by atoms with Crippen molar-refractivity contribution in [1.82, 2.24) is 36.8 Å². The van der Waals surface area contributed by atoms with Crippen LogP contribution in [0.5, 0.6) is 0 Å². The fourth-order valence-electron chi connectivity index (χ4n) is 8.18. The van der Waals surface area contributed by atoms with Crippen LogP contribution in [0.4, 0.5) is 10.5 Å². The number of urea groups is 1. The number of Topliss-reactive ketones (excluding diaryl/α,β-unsaturated/α-hetero) is 1. The Bertz CT molecular complexity index is 2350. The molecule has 2 rings (SSSR count). The third kappa shape index (κ3) is 32.5. The van der Waals surface area contributed by atoms with Gasteiger partial charge >= 0.3 is 18.0 Å². The van der Waals surface area contributed by atoms with Crippen molar-refractivity contribution >= 4 is 82.6 Å². The Hall–Kier alpha value is -6.26. The number of carboxylic acid groups (broad SMARTS) is 1. The van der Waals surface area contributed by atoms with Gasteiger partial charge in [0.1, 0.15) is 30.5 Å². The minimum atomic E-state index is -1.21. The summed E-state index contributed by atoms with van der Waals surface area (Å²) >= 11 is 1.12. The van der Waals surface area contributed by atoms with E-state index in [0.29, 0.717) is 70.0 Å². The Labute approximate surface area is 510 Å². The average molecular weight is 1240 g/mol. The minimum absolute atomic E-state index is 0.0171. The highest BCUT2D eigenvalue weighted by Gasteiger charge is 2.40. The summed E-state index contributed by atoms with van der Waals surface area (Å²) < 4.78 is 27.2. The van der Waals surface area contributed by atoms with E-state index in [-0.39, 0.29) is 113 Å². The van der Waals surface area contributed by atoms with Gasteiger partial charge in [-0.2, -0.15) is 0 Å². The molecule has 0 radical (unpaired) electrons. The van der Waals surface area contributed by atoms with Crippen molar-refractivity contribution in [2.75, 3.05) is 83.6 Å². The van der Waals surface area contributed by atoms with Crippen molar-refractivity contribution in [1.29, 1.82) is 0 Å².